The van der Waals surface area contributed by atoms with E-state index in [2.05, 4.69) is 52.7 Å². The van der Waals surface area contributed by atoms with Crippen LogP contribution in [0.15, 0.2) is 48.1 Å². The van der Waals surface area contributed by atoms with Crippen LogP contribution < -0.4 is 5.32 Å². The summed E-state index contributed by atoms with van der Waals surface area (Å²) in [5.74, 6) is 0.554. The fourth-order valence-corrected chi connectivity index (χ4v) is 2.58. The molecule has 20 heavy (non-hydrogen) atoms. The Morgan fingerprint density at radius 3 is 2.80 bits per heavy atom. The quantitative estimate of drug-likeness (QED) is 0.597. The molecule has 0 saturated heterocycles. The molecule has 0 fully saturated rings. The first-order chi connectivity index (χ1) is 9.88. The normalized spacial score (nSPS) is 17.6. The molecule has 110 valence electrons. The highest BCUT2D eigenvalue weighted by atomic mass is 16.3. The van der Waals surface area contributed by atoms with Crippen LogP contribution in [0.3, 0.4) is 0 Å². The van der Waals surface area contributed by atoms with E-state index in [1.807, 2.05) is 0 Å². The summed E-state index contributed by atoms with van der Waals surface area (Å²) in [5, 5.41) is 12.2. The van der Waals surface area contributed by atoms with Crippen LogP contribution >= 0.6 is 0 Å². The fourth-order valence-electron chi connectivity index (χ4n) is 2.58. The van der Waals surface area contributed by atoms with Gasteiger partial charge in [0.05, 0.1) is 0 Å². The number of hydrogen-bond donors (Lipinski definition) is 2. The molecule has 0 spiro atoms. The van der Waals surface area contributed by atoms with Crippen molar-refractivity contribution in [2.75, 3.05) is 39.3 Å². The summed E-state index contributed by atoms with van der Waals surface area (Å²) in [6.45, 7) is 5.32. The van der Waals surface area contributed by atoms with Crippen LogP contribution in [-0.4, -0.2) is 49.3 Å². The molecule has 2 aliphatic carbocycles. The summed E-state index contributed by atoms with van der Waals surface area (Å²) in [6, 6.07) is 0. The Kier molecular flexibility index (Phi) is 6.78. The van der Waals surface area contributed by atoms with Crippen LogP contribution in [0, 0.1) is 5.92 Å². The predicted molar refractivity (Wildman–Crippen MR) is 84.6 cm³/mol. The largest absolute Gasteiger partial charge is 0.396 e. The first kappa shape index (κ1) is 15.2. The zero-order valence-corrected chi connectivity index (χ0v) is 12.2. The van der Waals surface area contributed by atoms with Crippen LogP contribution in [0.25, 0.3) is 0 Å². The van der Waals surface area contributed by atoms with Crippen LogP contribution in [0.5, 0.6) is 0 Å². The highest BCUT2D eigenvalue weighted by Crippen LogP contribution is 2.14. The van der Waals surface area contributed by atoms with Gasteiger partial charge in [-0.2, -0.15) is 0 Å². The van der Waals surface area contributed by atoms with E-state index < -0.39 is 0 Å². The third kappa shape index (κ3) is 5.45. The molecule has 2 N–H and O–H groups in total. The smallest absolute Gasteiger partial charge is 0.0443 e. The van der Waals surface area contributed by atoms with Crippen molar-refractivity contribution in [2.24, 2.45) is 5.92 Å². The van der Waals surface area contributed by atoms with E-state index in [-0.39, 0.29) is 6.61 Å². The number of rotatable bonds is 10. The minimum atomic E-state index is 0.270. The van der Waals surface area contributed by atoms with Crippen molar-refractivity contribution in [2.45, 2.75) is 12.8 Å². The maximum atomic E-state index is 8.77. The Hall–Kier alpha value is -1.16. The molecule has 0 heterocycles. The summed E-state index contributed by atoms with van der Waals surface area (Å²) < 4.78 is 0. The predicted octanol–water partition coefficient (Wildman–Crippen LogP) is 1.89. The van der Waals surface area contributed by atoms with Gasteiger partial charge in [0.1, 0.15) is 0 Å². The van der Waals surface area contributed by atoms with Gasteiger partial charge >= 0.3 is 0 Å². The molecule has 0 bridgehead atoms. The fraction of sp³-hybridized carbons (Fsp3) is 0.529. The van der Waals surface area contributed by atoms with E-state index in [9.17, 15) is 0 Å². The lowest BCUT2D eigenvalue weighted by molar-refractivity contribution is 0.271. The van der Waals surface area contributed by atoms with Gasteiger partial charge in [0.2, 0.25) is 0 Å². The highest BCUT2D eigenvalue weighted by Gasteiger charge is 2.12. The molecule has 0 amide bonds. The molecule has 3 nitrogen and oxygen atoms in total. The number of nitrogens with one attached hydrogen (secondary N) is 1. The summed E-state index contributed by atoms with van der Waals surface area (Å²) in [6.07, 6.45) is 17.5. The van der Waals surface area contributed by atoms with Crippen LogP contribution in [-0.2, 0) is 0 Å². The van der Waals surface area contributed by atoms with E-state index in [1.54, 1.807) is 0 Å². The zero-order chi connectivity index (χ0) is 14.0. The number of aliphatic hydroxyl groups excluding tert-OH is 1. The van der Waals surface area contributed by atoms with Gasteiger partial charge in [-0.05, 0) is 25.0 Å². The molecule has 0 aromatic carbocycles. The molecule has 2 rings (SSSR count). The molecular formula is C17H26N2O. The zero-order valence-electron chi connectivity index (χ0n) is 12.2. The van der Waals surface area contributed by atoms with Gasteiger partial charge in [-0.3, -0.25) is 4.90 Å². The first-order valence-corrected chi connectivity index (χ1v) is 7.63. The summed E-state index contributed by atoms with van der Waals surface area (Å²) in [5.41, 5.74) is 1.44. The summed E-state index contributed by atoms with van der Waals surface area (Å²) in [7, 11) is 0. The van der Waals surface area contributed by atoms with E-state index >= 15 is 0 Å². The van der Waals surface area contributed by atoms with Gasteiger partial charge < -0.3 is 10.4 Å². The first-order valence-electron chi connectivity index (χ1n) is 7.63. The van der Waals surface area contributed by atoms with Gasteiger partial charge in [-0.15, -0.1) is 0 Å². The lowest BCUT2D eigenvalue weighted by Crippen LogP contribution is -2.36. The second kappa shape index (κ2) is 8.90. The molecule has 2 aliphatic rings. The van der Waals surface area contributed by atoms with Gasteiger partial charge in [-0.25, -0.2) is 0 Å². The average Bonchev–Trinajstić information content (AvgIpc) is 3.12. The molecular weight excluding hydrogens is 248 g/mol. The monoisotopic (exact) mass is 274 g/mol. The SMILES string of the molecule is OCCCNCCN(CC1=CCC=C1)CC1C=CC=C1. The third-order valence-corrected chi connectivity index (χ3v) is 3.67. The topological polar surface area (TPSA) is 35.5 Å². The number of allylic oxidation sites excluding steroid dienone is 4. The standard InChI is InChI=1S/C17H26N2O/c20-13-5-10-18-11-12-19(14-16-6-1-2-7-16)15-17-8-3-4-9-17/h1-3,6-9,16,18,20H,4-5,10-15H2. The molecule has 0 unspecified atom stereocenters. The minimum Gasteiger partial charge on any atom is -0.396 e. The van der Waals surface area contributed by atoms with E-state index in [0.29, 0.717) is 5.92 Å². The van der Waals surface area contributed by atoms with Crippen molar-refractivity contribution in [3.8, 4) is 0 Å². The van der Waals surface area contributed by atoms with E-state index in [0.717, 1.165) is 45.6 Å². The van der Waals surface area contributed by atoms with Crippen LogP contribution in [0.1, 0.15) is 12.8 Å². The summed E-state index contributed by atoms with van der Waals surface area (Å²) in [4.78, 5) is 2.51. The van der Waals surface area contributed by atoms with Gasteiger partial charge in [0, 0.05) is 38.7 Å². The lowest BCUT2D eigenvalue weighted by Gasteiger charge is -2.24. The van der Waals surface area contributed by atoms with Crippen molar-refractivity contribution in [1.82, 2.24) is 10.2 Å². The molecule has 0 aromatic heterocycles. The summed E-state index contributed by atoms with van der Waals surface area (Å²) >= 11 is 0. The van der Waals surface area contributed by atoms with Gasteiger partial charge in [-0.1, -0.05) is 42.5 Å². The second-order valence-electron chi connectivity index (χ2n) is 5.41. The van der Waals surface area contributed by atoms with Crippen molar-refractivity contribution in [1.29, 1.82) is 0 Å². The van der Waals surface area contributed by atoms with Gasteiger partial charge in [0.25, 0.3) is 0 Å². The van der Waals surface area contributed by atoms with Gasteiger partial charge in [0.15, 0.2) is 0 Å². The number of hydrogen-bond acceptors (Lipinski definition) is 3. The molecule has 3 heteroatoms. The van der Waals surface area contributed by atoms with Crippen molar-refractivity contribution >= 4 is 0 Å². The number of aliphatic hydroxyl groups is 1. The second-order valence-corrected chi connectivity index (χ2v) is 5.41. The highest BCUT2D eigenvalue weighted by molar-refractivity contribution is 5.27. The Labute approximate surface area is 122 Å². The lowest BCUT2D eigenvalue weighted by atomic mass is 10.1. The average molecular weight is 274 g/mol. The Bertz CT molecular complexity index is 384. The van der Waals surface area contributed by atoms with E-state index in [4.69, 9.17) is 5.11 Å². The van der Waals surface area contributed by atoms with Crippen LogP contribution in [0.2, 0.25) is 0 Å². The van der Waals surface area contributed by atoms with E-state index in [1.165, 1.54) is 5.57 Å². The van der Waals surface area contributed by atoms with Crippen LogP contribution in [0.4, 0.5) is 0 Å². The maximum Gasteiger partial charge on any atom is 0.0443 e. The number of nitrogens with zero attached hydrogens (tertiary/aromatic N) is 1. The maximum absolute atomic E-state index is 8.77. The Morgan fingerprint density at radius 1 is 1.25 bits per heavy atom. The molecule has 0 saturated carbocycles. The molecule has 0 aromatic rings. The Balaban J connectivity index is 1.74. The molecule has 0 atom stereocenters. The van der Waals surface area contributed by atoms with Crippen molar-refractivity contribution in [3.63, 3.8) is 0 Å². The third-order valence-electron chi connectivity index (χ3n) is 3.67. The Morgan fingerprint density at radius 2 is 2.10 bits per heavy atom. The minimum absolute atomic E-state index is 0.270. The van der Waals surface area contributed by atoms with Crippen molar-refractivity contribution < 1.29 is 5.11 Å². The van der Waals surface area contributed by atoms with Crippen molar-refractivity contribution in [3.05, 3.63) is 48.1 Å². The molecule has 0 radical (unpaired) electrons. The molecule has 0 aliphatic heterocycles.